The molecule has 59 heavy (non-hydrogen) atoms. The number of fused-ring (bicyclic) bond motifs is 4. The number of rotatable bonds is 17. The van der Waals surface area contributed by atoms with Crippen molar-refractivity contribution in [2.24, 2.45) is 17.8 Å². The number of benzene rings is 4. The first kappa shape index (κ1) is 42.3. The maximum absolute atomic E-state index is 14.3. The van der Waals surface area contributed by atoms with E-state index in [2.05, 4.69) is 88.4 Å². The van der Waals surface area contributed by atoms with Crippen LogP contribution in [0.1, 0.15) is 91.0 Å². The number of carboxylic acids is 1. The van der Waals surface area contributed by atoms with Crippen molar-refractivity contribution in [3.05, 3.63) is 119 Å². The first-order chi connectivity index (χ1) is 28.4. The molecular weight excluding hydrogens is 755 g/mol. The number of hydrogen-bond acceptors (Lipinski definition) is 6. The van der Waals surface area contributed by atoms with Crippen LogP contribution in [0.4, 0.5) is 0 Å². The van der Waals surface area contributed by atoms with E-state index >= 15 is 0 Å². The van der Waals surface area contributed by atoms with Gasteiger partial charge < -0.3 is 19.4 Å². The lowest BCUT2D eigenvalue weighted by molar-refractivity contribution is -0.141. The molecule has 2 N–H and O–H groups in total. The number of imide groups is 1. The Hall–Kier alpha value is -4.83. The van der Waals surface area contributed by atoms with E-state index < -0.39 is 26.1 Å². The molecule has 2 saturated heterocycles. The molecule has 3 aliphatic rings. The zero-order valence-corrected chi connectivity index (χ0v) is 36.0. The first-order valence-electron chi connectivity index (χ1n) is 21.5. The summed E-state index contributed by atoms with van der Waals surface area (Å²) in [5.74, 6) is -1.99. The number of aliphatic carboxylic acids is 1. The molecule has 0 bridgehead atoms. The van der Waals surface area contributed by atoms with E-state index in [9.17, 15) is 19.5 Å². The third-order valence-electron chi connectivity index (χ3n) is 12.8. The average Bonchev–Trinajstić information content (AvgIpc) is 3.75. The summed E-state index contributed by atoms with van der Waals surface area (Å²) in [5.41, 5.74) is 4.60. The summed E-state index contributed by atoms with van der Waals surface area (Å²) in [6.07, 6.45) is 7.77. The molecular formula is C50H59NO7Si. The van der Waals surface area contributed by atoms with Crippen molar-refractivity contribution in [2.45, 2.75) is 96.6 Å². The smallest absolute Gasteiger partial charge is 0.303 e. The number of carboxylic acid groups (broad SMARTS) is 1. The number of unbranched alkanes of at least 4 members (excludes halogenated alkanes) is 2. The molecule has 0 radical (unpaired) electrons. The summed E-state index contributed by atoms with van der Waals surface area (Å²) in [4.78, 5) is 41.0. The largest absolute Gasteiger partial charge is 0.507 e. The Balaban J connectivity index is 1.23. The van der Waals surface area contributed by atoms with Crippen molar-refractivity contribution in [2.75, 3.05) is 19.8 Å². The van der Waals surface area contributed by atoms with Crippen LogP contribution in [-0.2, 0) is 23.5 Å². The highest BCUT2D eigenvalue weighted by Gasteiger charge is 2.57. The van der Waals surface area contributed by atoms with Crippen LogP contribution < -0.4 is 10.4 Å². The molecule has 4 aromatic rings. The number of hydrogen-bond donors (Lipinski definition) is 2. The molecule has 2 heterocycles. The van der Waals surface area contributed by atoms with E-state index in [4.69, 9.17) is 14.3 Å². The zero-order chi connectivity index (χ0) is 41.7. The second-order valence-electron chi connectivity index (χ2n) is 17.6. The van der Waals surface area contributed by atoms with Crippen LogP contribution in [0.5, 0.6) is 5.75 Å². The highest BCUT2D eigenvalue weighted by molar-refractivity contribution is 6.99. The minimum Gasteiger partial charge on any atom is -0.507 e. The molecule has 310 valence electrons. The standard InChI is InChI=1S/C50H59NO7Si/c1-5-17-34(30-35-26-27-43(52)40-23-15-14-22-39(35)40)25-28-44-46-36(32-58-59(50(2,3)4,37-18-9-6-10-19-37)38-20-11-7-12-21-38)31-41-47(42(46)33-57-44)49(56)51(48(41)55)29-16-8-13-24-45(53)54/h6-7,9-12,14-15,18-23,26-27,30,41-42,44,47,52H,5,8,13,16-17,24-25,28-29,31-33H2,1-4H3,(H,53,54)/b34-30+/t41-,42+,44-,47-/m1/s1. The fraction of sp³-hybridized carbons (Fsp3) is 0.420. The first-order valence-corrected chi connectivity index (χ1v) is 23.4. The third kappa shape index (κ3) is 8.61. The van der Waals surface area contributed by atoms with Gasteiger partial charge in [0.1, 0.15) is 5.75 Å². The molecule has 0 unspecified atom stereocenters. The Kier molecular flexibility index (Phi) is 13.0. The fourth-order valence-corrected chi connectivity index (χ4v) is 14.7. The maximum Gasteiger partial charge on any atom is 0.303 e. The monoisotopic (exact) mass is 813 g/mol. The fourth-order valence-electron chi connectivity index (χ4n) is 10.1. The molecule has 4 atom stereocenters. The lowest BCUT2D eigenvalue weighted by atomic mass is 9.69. The van der Waals surface area contributed by atoms with E-state index in [1.54, 1.807) is 6.07 Å². The number of likely N-dealkylation sites (tertiary alicyclic amines) is 1. The highest BCUT2D eigenvalue weighted by atomic mass is 28.4. The summed E-state index contributed by atoms with van der Waals surface area (Å²) >= 11 is 0. The summed E-state index contributed by atoms with van der Waals surface area (Å²) in [5, 5.41) is 23.6. The molecule has 1 aliphatic carbocycles. The molecule has 4 aromatic carbocycles. The number of carbonyl (C=O) groups is 3. The maximum atomic E-state index is 14.3. The van der Waals surface area contributed by atoms with Crippen molar-refractivity contribution < 1.29 is 33.8 Å². The number of ether oxygens (including phenoxy) is 1. The van der Waals surface area contributed by atoms with Crippen LogP contribution >= 0.6 is 0 Å². The Morgan fingerprint density at radius 3 is 2.14 bits per heavy atom. The van der Waals surface area contributed by atoms with Gasteiger partial charge in [0.25, 0.3) is 8.32 Å². The van der Waals surface area contributed by atoms with Crippen LogP contribution in [0.15, 0.2) is 114 Å². The second kappa shape index (κ2) is 18.2. The molecule has 0 saturated carbocycles. The van der Waals surface area contributed by atoms with E-state index in [1.165, 1.54) is 20.8 Å². The predicted octanol–water partition coefficient (Wildman–Crippen LogP) is 9.05. The van der Waals surface area contributed by atoms with Crippen molar-refractivity contribution in [1.82, 2.24) is 4.90 Å². The van der Waals surface area contributed by atoms with E-state index in [-0.39, 0.29) is 41.0 Å². The summed E-state index contributed by atoms with van der Waals surface area (Å²) in [6, 6.07) is 32.9. The second-order valence-corrected chi connectivity index (χ2v) is 21.9. The lowest BCUT2D eigenvalue weighted by Crippen LogP contribution is -2.66. The van der Waals surface area contributed by atoms with E-state index in [1.807, 2.05) is 36.4 Å². The number of aromatic hydroxyl groups is 1. The van der Waals surface area contributed by atoms with E-state index in [0.29, 0.717) is 45.4 Å². The number of phenolic OH excluding ortho intramolecular Hbond substituents is 1. The topological polar surface area (TPSA) is 113 Å². The molecule has 2 aliphatic heterocycles. The summed E-state index contributed by atoms with van der Waals surface area (Å²) < 4.78 is 14.3. The Morgan fingerprint density at radius 1 is 0.831 bits per heavy atom. The molecule has 7 rings (SSSR count). The van der Waals surface area contributed by atoms with Crippen LogP contribution in [0, 0.1) is 17.8 Å². The van der Waals surface area contributed by atoms with Crippen molar-refractivity contribution in [1.29, 1.82) is 0 Å². The summed E-state index contributed by atoms with van der Waals surface area (Å²) in [7, 11) is -2.93. The summed E-state index contributed by atoms with van der Waals surface area (Å²) in [6.45, 7) is 10.0. The lowest BCUT2D eigenvalue weighted by Gasteiger charge is -2.44. The molecule has 0 spiro atoms. The SMILES string of the molecule is CCC/C(=C\c1ccc(O)c2ccccc12)CC[C@H]1OC[C@H]2C1=C(CO[Si](c1ccccc1)(c1ccccc1)C(C)(C)C)C[C@H]1C(=O)N(CCCCCC(=O)O)C(=O)[C@H]12. The van der Waals surface area contributed by atoms with Crippen LogP contribution in [0.3, 0.4) is 0 Å². The minimum absolute atomic E-state index is 0.0800. The van der Waals surface area contributed by atoms with Gasteiger partial charge in [0.15, 0.2) is 0 Å². The predicted molar refractivity (Wildman–Crippen MR) is 236 cm³/mol. The normalized spacial score (nSPS) is 21.0. The Morgan fingerprint density at radius 2 is 1.49 bits per heavy atom. The molecule has 2 fully saturated rings. The van der Waals surface area contributed by atoms with Crippen LogP contribution in [0.25, 0.3) is 16.8 Å². The van der Waals surface area contributed by atoms with Crippen LogP contribution in [-0.4, -0.2) is 67.1 Å². The molecule has 8 nitrogen and oxygen atoms in total. The number of amides is 2. The Labute approximate surface area is 350 Å². The van der Waals surface area contributed by atoms with Gasteiger partial charge in [0.2, 0.25) is 11.8 Å². The number of carbonyl (C=O) groups excluding carboxylic acids is 2. The van der Waals surface area contributed by atoms with Gasteiger partial charge in [-0.15, -0.1) is 0 Å². The van der Waals surface area contributed by atoms with Gasteiger partial charge >= 0.3 is 5.97 Å². The van der Waals surface area contributed by atoms with Crippen molar-refractivity contribution in [3.63, 3.8) is 0 Å². The molecule has 9 heteroatoms. The van der Waals surface area contributed by atoms with Crippen molar-refractivity contribution >= 4 is 53.3 Å². The van der Waals surface area contributed by atoms with Gasteiger partial charge in [-0.05, 0) is 82.1 Å². The molecule has 2 amide bonds. The van der Waals surface area contributed by atoms with Gasteiger partial charge in [0.05, 0.1) is 31.2 Å². The number of nitrogens with zero attached hydrogens (tertiary/aromatic N) is 1. The molecule has 0 aromatic heterocycles. The number of allylic oxidation sites excluding steroid dienone is 1. The highest BCUT2D eigenvalue weighted by Crippen LogP contribution is 2.50. The van der Waals surface area contributed by atoms with Crippen molar-refractivity contribution in [3.8, 4) is 5.75 Å². The van der Waals surface area contributed by atoms with Gasteiger partial charge in [-0.1, -0.05) is 143 Å². The average molecular weight is 814 g/mol. The van der Waals surface area contributed by atoms with Gasteiger partial charge in [0, 0.05) is 24.3 Å². The zero-order valence-electron chi connectivity index (χ0n) is 35.0. The quantitative estimate of drug-likeness (QED) is 0.0474. The number of phenols is 1. The van der Waals surface area contributed by atoms with Gasteiger partial charge in [-0.25, -0.2) is 0 Å². The van der Waals surface area contributed by atoms with Crippen LogP contribution in [0.2, 0.25) is 5.04 Å². The van der Waals surface area contributed by atoms with Gasteiger partial charge in [-0.2, -0.15) is 0 Å². The third-order valence-corrected chi connectivity index (χ3v) is 17.8. The van der Waals surface area contributed by atoms with E-state index in [0.717, 1.165) is 53.2 Å². The minimum atomic E-state index is -2.93. The Bertz CT molecular complexity index is 2170. The van der Waals surface area contributed by atoms with Gasteiger partial charge in [-0.3, -0.25) is 19.3 Å².